The van der Waals surface area contributed by atoms with Crippen molar-refractivity contribution in [3.8, 4) is 0 Å². The number of likely N-dealkylation sites (tertiary alicyclic amines) is 1. The third kappa shape index (κ3) is 4.53. The Morgan fingerprint density at radius 3 is 2.32 bits per heavy atom. The van der Waals surface area contributed by atoms with E-state index in [1.165, 1.54) is 0 Å². The summed E-state index contributed by atoms with van der Waals surface area (Å²) >= 11 is 5.86. The van der Waals surface area contributed by atoms with Gasteiger partial charge >= 0.3 is 0 Å². The smallest absolute Gasteiger partial charge is 0.240 e. The number of benzene rings is 1. The molecule has 1 aromatic carbocycles. The lowest BCUT2D eigenvalue weighted by molar-refractivity contribution is -0.0427. The molecule has 2 fully saturated rings. The third-order valence-corrected chi connectivity index (χ3v) is 6.98. The van der Waals surface area contributed by atoms with E-state index in [4.69, 9.17) is 16.3 Å². The molecular weight excluding hydrogens is 362 g/mol. The van der Waals surface area contributed by atoms with Gasteiger partial charge in [0.25, 0.3) is 0 Å². The number of rotatable bonds is 5. The highest BCUT2D eigenvalue weighted by molar-refractivity contribution is 7.89. The average Bonchev–Trinajstić information content (AvgIpc) is 2.63. The highest BCUT2D eigenvalue weighted by Crippen LogP contribution is 2.29. The van der Waals surface area contributed by atoms with Crippen LogP contribution >= 0.6 is 11.6 Å². The van der Waals surface area contributed by atoms with Crippen molar-refractivity contribution < 1.29 is 13.2 Å². The zero-order valence-electron chi connectivity index (χ0n) is 14.6. The molecule has 0 saturated carbocycles. The number of ether oxygens (including phenoxy) is 1. The van der Waals surface area contributed by atoms with Gasteiger partial charge in [0, 0.05) is 30.2 Å². The van der Waals surface area contributed by atoms with Crippen LogP contribution < -0.4 is 4.72 Å². The van der Waals surface area contributed by atoms with Gasteiger partial charge in [-0.3, -0.25) is 4.90 Å². The third-order valence-electron chi connectivity index (χ3n) is 5.31. The maximum absolute atomic E-state index is 12.7. The molecule has 0 aliphatic carbocycles. The van der Waals surface area contributed by atoms with Crippen molar-refractivity contribution in [1.82, 2.24) is 14.5 Å². The van der Waals surface area contributed by atoms with Crippen LogP contribution in [0, 0.1) is 0 Å². The monoisotopic (exact) mass is 387 g/mol. The van der Waals surface area contributed by atoms with Gasteiger partial charge in [0.1, 0.15) is 0 Å². The fraction of sp³-hybridized carbons (Fsp3) is 0.647. The second kappa shape index (κ2) is 7.90. The molecule has 0 spiro atoms. The zero-order valence-corrected chi connectivity index (χ0v) is 16.2. The van der Waals surface area contributed by atoms with Crippen LogP contribution in [-0.2, 0) is 14.8 Å². The van der Waals surface area contributed by atoms with Gasteiger partial charge in [-0.2, -0.15) is 0 Å². The number of nitrogens with zero attached hydrogens (tertiary/aromatic N) is 2. The molecule has 0 bridgehead atoms. The van der Waals surface area contributed by atoms with Crippen LogP contribution in [0.1, 0.15) is 12.8 Å². The highest BCUT2D eigenvalue weighted by Gasteiger charge is 2.40. The summed E-state index contributed by atoms with van der Waals surface area (Å²) in [6.07, 6.45) is 1.90. The van der Waals surface area contributed by atoms with Crippen molar-refractivity contribution in [2.45, 2.75) is 23.3 Å². The topological polar surface area (TPSA) is 61.9 Å². The summed E-state index contributed by atoms with van der Waals surface area (Å²) in [4.78, 5) is 4.96. The highest BCUT2D eigenvalue weighted by atomic mass is 35.5. The summed E-state index contributed by atoms with van der Waals surface area (Å²) in [6, 6.07) is 6.29. The lowest BCUT2D eigenvalue weighted by Crippen LogP contribution is -2.62. The predicted molar refractivity (Wildman–Crippen MR) is 98.5 cm³/mol. The first-order valence-electron chi connectivity index (χ1n) is 8.68. The molecule has 2 saturated heterocycles. The van der Waals surface area contributed by atoms with E-state index >= 15 is 0 Å². The molecule has 3 rings (SSSR count). The second-order valence-corrected chi connectivity index (χ2v) is 9.11. The molecule has 25 heavy (non-hydrogen) atoms. The minimum absolute atomic E-state index is 0.143. The van der Waals surface area contributed by atoms with Gasteiger partial charge in [0.2, 0.25) is 10.0 Å². The molecule has 8 heteroatoms. The van der Waals surface area contributed by atoms with Crippen LogP contribution in [-0.4, -0.2) is 76.7 Å². The molecule has 2 heterocycles. The molecule has 1 N–H and O–H groups in total. The summed E-state index contributed by atoms with van der Waals surface area (Å²) in [7, 11) is -1.43. The fourth-order valence-corrected chi connectivity index (χ4v) is 4.85. The van der Waals surface area contributed by atoms with E-state index in [2.05, 4.69) is 21.6 Å². The van der Waals surface area contributed by atoms with Gasteiger partial charge in [-0.15, -0.1) is 0 Å². The normalized spacial score (nSPS) is 22.8. The van der Waals surface area contributed by atoms with Crippen LogP contribution in [0.25, 0.3) is 0 Å². The van der Waals surface area contributed by atoms with Crippen molar-refractivity contribution >= 4 is 21.6 Å². The van der Waals surface area contributed by atoms with Gasteiger partial charge in [-0.1, -0.05) is 11.6 Å². The zero-order chi connectivity index (χ0) is 17.9. The maximum atomic E-state index is 12.7. The van der Waals surface area contributed by atoms with Crippen molar-refractivity contribution in [3.63, 3.8) is 0 Å². The Morgan fingerprint density at radius 1 is 1.12 bits per heavy atom. The molecule has 1 aromatic rings. The summed E-state index contributed by atoms with van der Waals surface area (Å²) < 4.78 is 33.7. The van der Waals surface area contributed by atoms with Crippen molar-refractivity contribution in [1.29, 1.82) is 0 Å². The minimum atomic E-state index is -3.55. The molecule has 0 amide bonds. The first kappa shape index (κ1) is 19.1. The summed E-state index contributed by atoms with van der Waals surface area (Å²) in [5, 5.41) is 0.527. The van der Waals surface area contributed by atoms with Gasteiger partial charge in [-0.05, 0) is 57.2 Å². The Hall–Kier alpha value is -0.700. The first-order valence-corrected chi connectivity index (χ1v) is 10.5. The van der Waals surface area contributed by atoms with Crippen molar-refractivity contribution in [2.75, 3.05) is 53.0 Å². The number of sulfonamides is 1. The second-order valence-electron chi connectivity index (χ2n) is 6.91. The lowest BCUT2D eigenvalue weighted by Gasteiger charge is -2.49. The van der Waals surface area contributed by atoms with Gasteiger partial charge < -0.3 is 9.64 Å². The molecule has 0 radical (unpaired) electrons. The Balaban J connectivity index is 1.75. The molecule has 0 aromatic heterocycles. The fourth-order valence-electron chi connectivity index (χ4n) is 3.60. The van der Waals surface area contributed by atoms with E-state index in [1.807, 2.05) is 0 Å². The number of hydrogen-bond acceptors (Lipinski definition) is 5. The lowest BCUT2D eigenvalue weighted by atomic mass is 9.85. The molecule has 6 nitrogen and oxygen atoms in total. The Labute approximate surface area is 155 Å². The van der Waals surface area contributed by atoms with E-state index in [-0.39, 0.29) is 10.4 Å². The van der Waals surface area contributed by atoms with Crippen molar-refractivity contribution in [3.05, 3.63) is 29.3 Å². The summed E-state index contributed by atoms with van der Waals surface area (Å²) in [5.41, 5.74) is -0.143. The molecule has 0 unspecified atom stereocenters. The summed E-state index contributed by atoms with van der Waals surface area (Å²) in [6.45, 7) is 5.49. The number of hydrogen-bond donors (Lipinski definition) is 1. The van der Waals surface area contributed by atoms with Crippen molar-refractivity contribution in [2.24, 2.45) is 0 Å². The van der Waals surface area contributed by atoms with E-state index < -0.39 is 10.0 Å². The number of morpholine rings is 1. The van der Waals surface area contributed by atoms with Gasteiger partial charge in [0.05, 0.1) is 18.1 Å². The van der Waals surface area contributed by atoms with E-state index in [1.54, 1.807) is 24.3 Å². The largest absolute Gasteiger partial charge is 0.379 e. The molecule has 140 valence electrons. The minimum Gasteiger partial charge on any atom is -0.379 e. The number of halogens is 1. The number of piperidine rings is 1. The molecular formula is C17H26ClN3O3S. The predicted octanol–water partition coefficient (Wildman–Crippen LogP) is 1.41. The number of nitrogens with one attached hydrogen (secondary N) is 1. The van der Waals surface area contributed by atoms with Crippen LogP contribution in [0.3, 0.4) is 0 Å². The Kier molecular flexibility index (Phi) is 6.03. The summed E-state index contributed by atoms with van der Waals surface area (Å²) in [5.74, 6) is 0. The van der Waals surface area contributed by atoms with E-state index in [9.17, 15) is 8.42 Å². The van der Waals surface area contributed by atoms with Crippen LogP contribution in [0.4, 0.5) is 0 Å². The Bertz CT molecular complexity index is 667. The molecule has 2 aliphatic rings. The van der Waals surface area contributed by atoms with E-state index in [0.717, 1.165) is 39.0 Å². The quantitative estimate of drug-likeness (QED) is 0.827. The molecule has 0 atom stereocenters. The van der Waals surface area contributed by atoms with Crippen LogP contribution in [0.2, 0.25) is 5.02 Å². The Morgan fingerprint density at radius 2 is 1.72 bits per heavy atom. The van der Waals surface area contributed by atoms with E-state index in [0.29, 0.717) is 24.8 Å². The molecule has 2 aliphatic heterocycles. The standard InChI is InChI=1S/C17H26ClN3O3S/c1-20-8-6-17(7-9-20,21-10-12-24-13-11-21)14-19-25(22,23)16-4-2-15(18)3-5-16/h2-5,19H,6-14H2,1H3. The van der Waals surface area contributed by atoms with Gasteiger partial charge in [0.15, 0.2) is 0 Å². The van der Waals surface area contributed by atoms with Crippen LogP contribution in [0.15, 0.2) is 29.2 Å². The van der Waals surface area contributed by atoms with Gasteiger partial charge in [-0.25, -0.2) is 13.1 Å². The SMILES string of the molecule is CN1CCC(CNS(=O)(=O)c2ccc(Cl)cc2)(N2CCOCC2)CC1. The van der Waals surface area contributed by atoms with Crippen LogP contribution in [0.5, 0.6) is 0 Å². The first-order chi connectivity index (χ1) is 11.9. The average molecular weight is 388 g/mol. The maximum Gasteiger partial charge on any atom is 0.240 e.